The number of rotatable bonds is 9. The minimum atomic E-state index is -0.0746. The molecule has 1 amide bonds. The zero-order chi connectivity index (χ0) is 22.9. The molecule has 0 spiro atoms. The smallest absolute Gasteiger partial charge is 0.220 e. The Hall–Kier alpha value is -1.51. The summed E-state index contributed by atoms with van der Waals surface area (Å²) < 4.78 is 5.82. The Bertz CT molecular complexity index is 711. The fraction of sp³-hybridized carbons (Fsp3) is 0.680. The van der Waals surface area contributed by atoms with Crippen LogP contribution >= 0.6 is 24.0 Å². The standard InChI is InChI=1S/C25H42N4O2.HI/c1-7-27-24(29-14-12-20(13-15-29)16-23(30)26-6)28-18-25(4,5)21-8-10-22(11-9-21)31-17-19(2)3;/h8-11,19-20H,7,12-18H2,1-6H3,(H,26,30)(H,27,28);1H. The molecule has 1 heterocycles. The lowest BCUT2D eigenvalue weighted by Crippen LogP contribution is -2.46. The summed E-state index contributed by atoms with van der Waals surface area (Å²) in [5.74, 6) is 3.02. The largest absolute Gasteiger partial charge is 0.493 e. The SMILES string of the molecule is CCNC(=NCC(C)(C)c1ccc(OCC(C)C)cc1)N1CCC(CC(=O)NC)CC1.I. The topological polar surface area (TPSA) is 66.0 Å². The van der Waals surface area contributed by atoms with E-state index in [1.807, 2.05) is 0 Å². The second kappa shape index (κ2) is 13.9. The maximum Gasteiger partial charge on any atom is 0.220 e. The molecular formula is C25H43IN4O2. The Morgan fingerprint density at radius 2 is 1.84 bits per heavy atom. The predicted octanol–water partition coefficient (Wildman–Crippen LogP) is 4.43. The third kappa shape index (κ3) is 9.16. The van der Waals surface area contributed by atoms with Gasteiger partial charge in [-0.1, -0.05) is 39.8 Å². The van der Waals surface area contributed by atoms with Gasteiger partial charge in [0.15, 0.2) is 5.96 Å². The summed E-state index contributed by atoms with van der Waals surface area (Å²) in [7, 11) is 1.71. The molecule has 1 aliphatic heterocycles. The summed E-state index contributed by atoms with van der Waals surface area (Å²) in [6.45, 7) is 15.1. The molecule has 0 aliphatic carbocycles. The van der Waals surface area contributed by atoms with Gasteiger partial charge in [0.25, 0.3) is 0 Å². The summed E-state index contributed by atoms with van der Waals surface area (Å²) in [4.78, 5) is 19.0. The van der Waals surface area contributed by atoms with Crippen LogP contribution in [0.5, 0.6) is 5.75 Å². The normalized spacial score (nSPS) is 15.3. The fourth-order valence-electron chi connectivity index (χ4n) is 3.77. The van der Waals surface area contributed by atoms with E-state index in [1.54, 1.807) is 7.05 Å². The first-order chi connectivity index (χ1) is 14.7. The van der Waals surface area contributed by atoms with Crippen LogP contribution in [0.3, 0.4) is 0 Å². The number of hydrogen-bond donors (Lipinski definition) is 2. The average Bonchev–Trinajstić information content (AvgIpc) is 2.76. The molecule has 0 radical (unpaired) electrons. The molecule has 0 aromatic heterocycles. The summed E-state index contributed by atoms with van der Waals surface area (Å²) in [5.41, 5.74) is 1.18. The van der Waals surface area contributed by atoms with Crippen molar-refractivity contribution in [1.29, 1.82) is 0 Å². The van der Waals surface area contributed by atoms with E-state index in [-0.39, 0.29) is 35.3 Å². The van der Waals surface area contributed by atoms with Crippen molar-refractivity contribution in [2.45, 2.75) is 59.3 Å². The predicted molar refractivity (Wildman–Crippen MR) is 144 cm³/mol. The Labute approximate surface area is 212 Å². The Morgan fingerprint density at radius 3 is 2.38 bits per heavy atom. The van der Waals surface area contributed by atoms with Crippen molar-refractivity contribution < 1.29 is 9.53 Å². The molecule has 1 saturated heterocycles. The van der Waals surface area contributed by atoms with Crippen LogP contribution in [-0.2, 0) is 10.2 Å². The number of nitrogens with zero attached hydrogens (tertiary/aromatic N) is 2. The zero-order valence-corrected chi connectivity index (χ0v) is 23.1. The summed E-state index contributed by atoms with van der Waals surface area (Å²) in [6, 6.07) is 8.43. The van der Waals surface area contributed by atoms with Gasteiger partial charge in [0, 0.05) is 38.5 Å². The number of nitrogens with one attached hydrogen (secondary N) is 2. The van der Waals surface area contributed by atoms with Crippen LogP contribution < -0.4 is 15.4 Å². The van der Waals surface area contributed by atoms with Gasteiger partial charge in [-0.25, -0.2) is 0 Å². The first-order valence-electron chi connectivity index (χ1n) is 11.7. The van der Waals surface area contributed by atoms with E-state index < -0.39 is 0 Å². The first kappa shape index (κ1) is 28.5. The molecule has 2 N–H and O–H groups in total. The number of guanidine groups is 1. The van der Waals surface area contributed by atoms with Crippen LogP contribution in [0, 0.1) is 11.8 Å². The number of ether oxygens (including phenoxy) is 1. The van der Waals surface area contributed by atoms with Crippen LogP contribution in [0.25, 0.3) is 0 Å². The van der Waals surface area contributed by atoms with Gasteiger partial charge in [-0.05, 0) is 49.3 Å². The van der Waals surface area contributed by atoms with E-state index in [4.69, 9.17) is 9.73 Å². The van der Waals surface area contributed by atoms with E-state index in [1.165, 1.54) is 5.56 Å². The number of amides is 1. The molecule has 1 aromatic carbocycles. The van der Waals surface area contributed by atoms with Crippen molar-refractivity contribution in [3.8, 4) is 5.75 Å². The average molecular weight is 559 g/mol. The van der Waals surface area contributed by atoms with Gasteiger partial charge in [0.05, 0.1) is 13.2 Å². The molecule has 2 rings (SSSR count). The van der Waals surface area contributed by atoms with Crippen LogP contribution in [0.1, 0.15) is 59.4 Å². The monoisotopic (exact) mass is 558 g/mol. The van der Waals surface area contributed by atoms with Crippen molar-refractivity contribution in [3.05, 3.63) is 29.8 Å². The van der Waals surface area contributed by atoms with E-state index >= 15 is 0 Å². The molecule has 1 fully saturated rings. The molecule has 32 heavy (non-hydrogen) atoms. The number of aliphatic imine (C=N–C) groups is 1. The van der Waals surface area contributed by atoms with Gasteiger partial charge in [-0.3, -0.25) is 9.79 Å². The molecule has 0 bridgehead atoms. The molecule has 7 heteroatoms. The molecular weight excluding hydrogens is 515 g/mol. The van der Waals surface area contributed by atoms with Gasteiger partial charge >= 0.3 is 0 Å². The highest BCUT2D eigenvalue weighted by Gasteiger charge is 2.25. The Morgan fingerprint density at radius 1 is 1.22 bits per heavy atom. The third-order valence-corrected chi connectivity index (χ3v) is 5.85. The number of benzene rings is 1. The molecule has 1 aliphatic rings. The van der Waals surface area contributed by atoms with Gasteiger partial charge in [-0.15, -0.1) is 24.0 Å². The fourth-order valence-corrected chi connectivity index (χ4v) is 3.77. The molecule has 0 saturated carbocycles. The van der Waals surface area contributed by atoms with Crippen molar-refractivity contribution in [1.82, 2.24) is 15.5 Å². The van der Waals surface area contributed by atoms with E-state index in [0.717, 1.165) is 50.8 Å². The van der Waals surface area contributed by atoms with Gasteiger partial charge in [-0.2, -0.15) is 0 Å². The Balaban J connectivity index is 0.00000512. The van der Waals surface area contributed by atoms with E-state index in [2.05, 4.69) is 74.4 Å². The lowest BCUT2D eigenvalue weighted by atomic mass is 9.85. The minimum Gasteiger partial charge on any atom is -0.493 e. The van der Waals surface area contributed by atoms with Crippen LogP contribution in [-0.4, -0.2) is 56.6 Å². The highest BCUT2D eigenvalue weighted by molar-refractivity contribution is 14.0. The second-order valence-electron chi connectivity index (χ2n) is 9.59. The van der Waals surface area contributed by atoms with Crippen molar-refractivity contribution in [2.75, 3.05) is 39.8 Å². The molecule has 0 unspecified atom stereocenters. The van der Waals surface area contributed by atoms with Crippen LogP contribution in [0.4, 0.5) is 0 Å². The van der Waals surface area contributed by atoms with Crippen molar-refractivity contribution >= 4 is 35.8 Å². The highest BCUT2D eigenvalue weighted by Crippen LogP contribution is 2.26. The minimum absolute atomic E-state index is 0. The molecule has 182 valence electrons. The molecule has 1 aromatic rings. The van der Waals surface area contributed by atoms with Crippen molar-refractivity contribution in [2.24, 2.45) is 16.8 Å². The lowest BCUT2D eigenvalue weighted by molar-refractivity contribution is -0.121. The van der Waals surface area contributed by atoms with Gasteiger partial charge < -0.3 is 20.3 Å². The summed E-state index contributed by atoms with van der Waals surface area (Å²) >= 11 is 0. The number of carbonyl (C=O) groups is 1. The zero-order valence-electron chi connectivity index (χ0n) is 20.7. The quantitative estimate of drug-likeness (QED) is 0.268. The Kier molecular flexibility index (Phi) is 12.4. The number of likely N-dealkylation sites (tertiary alicyclic amines) is 1. The van der Waals surface area contributed by atoms with Gasteiger partial charge in [0.1, 0.15) is 5.75 Å². The van der Waals surface area contributed by atoms with Gasteiger partial charge in [0.2, 0.25) is 5.91 Å². The highest BCUT2D eigenvalue weighted by atomic mass is 127. The maximum atomic E-state index is 11.7. The number of carbonyl (C=O) groups excluding carboxylic acids is 1. The lowest BCUT2D eigenvalue weighted by Gasteiger charge is -2.34. The molecule has 0 atom stereocenters. The number of hydrogen-bond acceptors (Lipinski definition) is 3. The van der Waals surface area contributed by atoms with Crippen molar-refractivity contribution in [3.63, 3.8) is 0 Å². The molecule has 6 nitrogen and oxygen atoms in total. The summed E-state index contributed by atoms with van der Waals surface area (Å²) in [5, 5.41) is 6.19. The third-order valence-electron chi connectivity index (χ3n) is 5.85. The van der Waals surface area contributed by atoms with E-state index in [9.17, 15) is 4.79 Å². The second-order valence-corrected chi connectivity index (χ2v) is 9.59. The number of piperidine rings is 1. The van der Waals surface area contributed by atoms with Crippen LogP contribution in [0.15, 0.2) is 29.3 Å². The van der Waals surface area contributed by atoms with Crippen LogP contribution in [0.2, 0.25) is 0 Å². The number of halogens is 1. The first-order valence-corrected chi connectivity index (χ1v) is 11.7. The summed E-state index contributed by atoms with van der Waals surface area (Å²) in [6.07, 6.45) is 2.68. The van der Waals surface area contributed by atoms with E-state index in [0.29, 0.717) is 24.8 Å². The maximum absolute atomic E-state index is 11.7.